The minimum atomic E-state index is -0.535. The average molecular weight is 338 g/mol. The second kappa shape index (κ2) is 6.09. The summed E-state index contributed by atoms with van der Waals surface area (Å²) >= 11 is 2.93. The van der Waals surface area contributed by atoms with E-state index in [0.29, 0.717) is 22.5 Å². The number of aryl methyl sites for hydroxylation is 2. The molecule has 0 aliphatic carbocycles. The predicted octanol–water partition coefficient (Wildman–Crippen LogP) is 1.90. The van der Waals surface area contributed by atoms with Crippen LogP contribution in [0, 0.1) is 13.8 Å². The molecule has 9 heteroatoms. The molecular weight excluding hydrogens is 324 g/mol. The molecule has 0 aromatic carbocycles. The van der Waals surface area contributed by atoms with Gasteiger partial charge < -0.3 is 14.7 Å². The molecule has 2 amide bonds. The van der Waals surface area contributed by atoms with E-state index in [1.807, 2.05) is 6.92 Å². The Balaban J connectivity index is 1.72. The predicted molar refractivity (Wildman–Crippen MR) is 84.0 cm³/mol. The van der Waals surface area contributed by atoms with Crippen LogP contribution < -0.4 is 5.32 Å². The molecule has 1 aliphatic heterocycles. The van der Waals surface area contributed by atoms with E-state index in [0.717, 1.165) is 4.88 Å². The average Bonchev–Trinajstić information content (AvgIpc) is 3.19. The minimum Gasteiger partial charge on any atom is -0.351 e. The summed E-state index contributed by atoms with van der Waals surface area (Å²) in [4.78, 5) is 31.4. The Bertz CT molecular complexity index is 712. The first-order chi connectivity index (χ1) is 10.5. The van der Waals surface area contributed by atoms with Crippen LogP contribution in [0.1, 0.15) is 21.1 Å². The van der Waals surface area contributed by atoms with Gasteiger partial charge in [0.05, 0.1) is 11.6 Å². The van der Waals surface area contributed by atoms with Crippen LogP contribution in [0.5, 0.6) is 0 Å². The molecule has 3 heterocycles. The number of thiazole rings is 1. The van der Waals surface area contributed by atoms with E-state index in [9.17, 15) is 9.59 Å². The summed E-state index contributed by atoms with van der Waals surface area (Å²) < 4.78 is 5.00. The molecule has 1 unspecified atom stereocenters. The Labute approximate surface area is 135 Å². The van der Waals surface area contributed by atoms with Crippen molar-refractivity contribution in [3.05, 3.63) is 28.6 Å². The van der Waals surface area contributed by atoms with Gasteiger partial charge in [0.1, 0.15) is 6.04 Å². The van der Waals surface area contributed by atoms with E-state index in [4.69, 9.17) is 4.52 Å². The third-order valence-corrected chi connectivity index (χ3v) is 4.98. The number of aromatic nitrogens is 2. The molecule has 1 fully saturated rings. The van der Waals surface area contributed by atoms with Crippen molar-refractivity contribution < 1.29 is 14.1 Å². The van der Waals surface area contributed by atoms with Gasteiger partial charge in [0.2, 0.25) is 11.7 Å². The zero-order valence-corrected chi connectivity index (χ0v) is 13.7. The molecule has 1 atom stereocenters. The van der Waals surface area contributed by atoms with Crippen LogP contribution in [0.25, 0.3) is 0 Å². The smallest absolute Gasteiger partial charge is 0.293 e. The van der Waals surface area contributed by atoms with Gasteiger partial charge in [-0.05, 0) is 13.8 Å². The highest BCUT2D eigenvalue weighted by Gasteiger charge is 2.36. The van der Waals surface area contributed by atoms with Crippen molar-refractivity contribution in [1.82, 2.24) is 15.0 Å². The van der Waals surface area contributed by atoms with E-state index in [1.165, 1.54) is 28.0 Å². The van der Waals surface area contributed by atoms with Crippen LogP contribution in [-0.2, 0) is 4.79 Å². The lowest BCUT2D eigenvalue weighted by atomic mass is 10.2. The van der Waals surface area contributed by atoms with E-state index >= 15 is 0 Å². The van der Waals surface area contributed by atoms with Gasteiger partial charge >= 0.3 is 0 Å². The van der Waals surface area contributed by atoms with Crippen LogP contribution in [0.4, 0.5) is 5.13 Å². The Hall–Kier alpha value is -1.87. The number of carbonyl (C=O) groups excluding carboxylic acids is 2. The highest BCUT2D eigenvalue weighted by atomic mass is 32.2. The SMILES string of the molecule is Cc1cc(C(=O)N2CSCC2C(=O)Nc2ncc(C)s2)on1. The van der Waals surface area contributed by atoms with Gasteiger partial charge in [0, 0.05) is 22.9 Å². The molecule has 2 aromatic heterocycles. The van der Waals surface area contributed by atoms with Crippen molar-refractivity contribution >= 4 is 40.0 Å². The number of rotatable bonds is 3. The lowest BCUT2D eigenvalue weighted by Gasteiger charge is -2.21. The fourth-order valence-electron chi connectivity index (χ4n) is 2.07. The molecule has 1 saturated heterocycles. The van der Waals surface area contributed by atoms with Crippen LogP contribution in [-0.4, -0.2) is 44.5 Å². The molecule has 0 spiro atoms. The number of nitrogens with zero attached hydrogens (tertiary/aromatic N) is 3. The summed E-state index contributed by atoms with van der Waals surface area (Å²) in [5.74, 6) is 0.607. The number of nitrogens with one attached hydrogen (secondary N) is 1. The van der Waals surface area contributed by atoms with Crippen molar-refractivity contribution in [2.45, 2.75) is 19.9 Å². The maximum absolute atomic E-state index is 12.4. The standard InChI is InChI=1S/C13H14N4O3S2/c1-7-3-10(20-16-7)12(19)17-6-21-5-9(17)11(18)15-13-14-4-8(2)22-13/h3-4,9H,5-6H2,1-2H3,(H,14,15,18). The number of amides is 2. The number of thioether (sulfide) groups is 1. The van der Waals surface area contributed by atoms with Gasteiger partial charge in [-0.1, -0.05) is 5.16 Å². The quantitative estimate of drug-likeness (QED) is 0.919. The molecule has 116 valence electrons. The third kappa shape index (κ3) is 3.00. The fourth-order valence-corrected chi connectivity index (χ4v) is 3.89. The zero-order valence-electron chi connectivity index (χ0n) is 12.0. The van der Waals surface area contributed by atoms with Gasteiger partial charge in [-0.3, -0.25) is 9.59 Å². The molecule has 22 heavy (non-hydrogen) atoms. The normalized spacial score (nSPS) is 17.7. The minimum absolute atomic E-state index is 0.155. The molecule has 0 saturated carbocycles. The van der Waals surface area contributed by atoms with Crippen LogP contribution >= 0.6 is 23.1 Å². The first kappa shape index (κ1) is 15.0. The highest BCUT2D eigenvalue weighted by Crippen LogP contribution is 2.25. The first-order valence-electron chi connectivity index (χ1n) is 6.60. The highest BCUT2D eigenvalue weighted by molar-refractivity contribution is 7.99. The van der Waals surface area contributed by atoms with Gasteiger partial charge in [0.25, 0.3) is 5.91 Å². The maximum Gasteiger partial charge on any atom is 0.293 e. The summed E-state index contributed by atoms with van der Waals surface area (Å²) in [5.41, 5.74) is 0.634. The number of hydrogen-bond donors (Lipinski definition) is 1. The largest absolute Gasteiger partial charge is 0.351 e. The third-order valence-electron chi connectivity index (χ3n) is 3.14. The molecule has 0 bridgehead atoms. The van der Waals surface area contributed by atoms with Gasteiger partial charge in [-0.15, -0.1) is 23.1 Å². The summed E-state index contributed by atoms with van der Waals surface area (Å²) in [6, 6.07) is 1.04. The Morgan fingerprint density at radius 2 is 2.27 bits per heavy atom. The lowest BCUT2D eigenvalue weighted by Crippen LogP contribution is -2.44. The fraction of sp³-hybridized carbons (Fsp3) is 0.385. The number of hydrogen-bond acceptors (Lipinski definition) is 7. The Morgan fingerprint density at radius 3 is 2.91 bits per heavy atom. The van der Waals surface area contributed by atoms with Crippen LogP contribution in [0.15, 0.2) is 16.8 Å². The lowest BCUT2D eigenvalue weighted by molar-refractivity contribution is -0.119. The summed E-state index contributed by atoms with van der Waals surface area (Å²) in [6.07, 6.45) is 1.70. The zero-order chi connectivity index (χ0) is 15.7. The molecular formula is C13H14N4O3S2. The summed E-state index contributed by atoms with van der Waals surface area (Å²) in [7, 11) is 0. The number of carbonyl (C=O) groups is 2. The van der Waals surface area contributed by atoms with Crippen molar-refractivity contribution in [2.24, 2.45) is 0 Å². The van der Waals surface area contributed by atoms with Crippen molar-refractivity contribution in [2.75, 3.05) is 16.9 Å². The molecule has 2 aromatic rings. The summed E-state index contributed by atoms with van der Waals surface area (Å²) in [5, 5.41) is 7.02. The molecule has 0 radical (unpaired) electrons. The van der Waals surface area contributed by atoms with Gasteiger partial charge in [-0.25, -0.2) is 4.98 Å². The van der Waals surface area contributed by atoms with Crippen LogP contribution in [0.2, 0.25) is 0 Å². The van der Waals surface area contributed by atoms with Crippen molar-refractivity contribution in [1.29, 1.82) is 0 Å². The Kier molecular flexibility index (Phi) is 4.16. The van der Waals surface area contributed by atoms with E-state index in [1.54, 1.807) is 19.2 Å². The molecule has 3 rings (SSSR count). The van der Waals surface area contributed by atoms with E-state index in [2.05, 4.69) is 15.5 Å². The summed E-state index contributed by atoms with van der Waals surface area (Å²) in [6.45, 7) is 3.66. The monoisotopic (exact) mass is 338 g/mol. The molecule has 1 N–H and O–H groups in total. The van der Waals surface area contributed by atoms with Crippen molar-refractivity contribution in [3.63, 3.8) is 0 Å². The van der Waals surface area contributed by atoms with Crippen LogP contribution in [0.3, 0.4) is 0 Å². The number of anilines is 1. The van der Waals surface area contributed by atoms with E-state index in [-0.39, 0.29) is 17.6 Å². The maximum atomic E-state index is 12.4. The second-order valence-corrected chi connectivity index (χ2v) is 7.12. The molecule has 7 nitrogen and oxygen atoms in total. The van der Waals surface area contributed by atoms with Gasteiger partial charge in [0.15, 0.2) is 5.13 Å². The van der Waals surface area contributed by atoms with Gasteiger partial charge in [-0.2, -0.15) is 0 Å². The second-order valence-electron chi connectivity index (χ2n) is 4.89. The van der Waals surface area contributed by atoms with E-state index < -0.39 is 6.04 Å². The first-order valence-corrected chi connectivity index (χ1v) is 8.57. The molecule has 1 aliphatic rings. The topological polar surface area (TPSA) is 88.3 Å². The Morgan fingerprint density at radius 1 is 1.45 bits per heavy atom. The van der Waals surface area contributed by atoms with Crippen molar-refractivity contribution in [3.8, 4) is 0 Å².